The van der Waals surface area contributed by atoms with Crippen molar-refractivity contribution in [2.75, 3.05) is 31.6 Å². The summed E-state index contributed by atoms with van der Waals surface area (Å²) >= 11 is 0. The van der Waals surface area contributed by atoms with Crippen LogP contribution in [-0.2, 0) is 9.84 Å². The summed E-state index contributed by atoms with van der Waals surface area (Å²) in [6, 6.07) is 0.749. The maximum absolute atomic E-state index is 11.0. The van der Waals surface area contributed by atoms with Gasteiger partial charge in [-0.2, -0.15) is 0 Å². The van der Waals surface area contributed by atoms with Crippen molar-refractivity contribution >= 4 is 9.84 Å². The highest BCUT2D eigenvalue weighted by Crippen LogP contribution is 2.15. The molecule has 2 aliphatic rings. The number of nitrogens with one attached hydrogen (secondary N) is 1. The molecule has 2 aliphatic heterocycles. The minimum atomic E-state index is -2.67. The van der Waals surface area contributed by atoms with Gasteiger partial charge in [-0.25, -0.2) is 8.42 Å². The lowest BCUT2D eigenvalue weighted by Crippen LogP contribution is -2.54. The van der Waals surface area contributed by atoms with E-state index in [0.29, 0.717) is 17.5 Å². The van der Waals surface area contributed by atoms with Crippen LogP contribution in [0.4, 0.5) is 0 Å². The van der Waals surface area contributed by atoms with Gasteiger partial charge in [0.2, 0.25) is 0 Å². The van der Waals surface area contributed by atoms with Crippen molar-refractivity contribution in [1.29, 1.82) is 0 Å². The predicted molar refractivity (Wildman–Crippen MR) is 60.7 cm³/mol. The lowest BCUT2D eigenvalue weighted by atomic mass is 10.1. The third kappa shape index (κ3) is 3.16. The summed E-state index contributed by atoms with van der Waals surface area (Å²) in [5, 5.41) is 3.47. The summed E-state index contributed by atoms with van der Waals surface area (Å²) in [5.41, 5.74) is 0. The van der Waals surface area contributed by atoms with Crippen molar-refractivity contribution in [3.05, 3.63) is 0 Å². The molecule has 0 bridgehead atoms. The van der Waals surface area contributed by atoms with Gasteiger partial charge in [0, 0.05) is 12.1 Å². The minimum Gasteiger partial charge on any atom is -0.309 e. The fourth-order valence-corrected chi connectivity index (χ4v) is 3.72. The van der Waals surface area contributed by atoms with Gasteiger partial charge >= 0.3 is 0 Å². The number of hydrogen-bond donors (Lipinski definition) is 1. The van der Waals surface area contributed by atoms with Crippen molar-refractivity contribution in [1.82, 2.24) is 10.2 Å². The van der Waals surface area contributed by atoms with Gasteiger partial charge in [0.05, 0.1) is 11.5 Å². The third-order valence-electron chi connectivity index (χ3n) is 3.33. The third-order valence-corrected chi connectivity index (χ3v) is 5.15. The zero-order valence-corrected chi connectivity index (χ0v) is 10.1. The molecule has 1 N–H and O–H groups in total. The van der Waals surface area contributed by atoms with Crippen LogP contribution in [0.25, 0.3) is 0 Å². The molecule has 2 rings (SSSR count). The van der Waals surface area contributed by atoms with Crippen LogP contribution in [0.3, 0.4) is 0 Å². The Morgan fingerprint density at radius 3 is 2.53 bits per heavy atom. The quantitative estimate of drug-likeness (QED) is 0.720. The van der Waals surface area contributed by atoms with E-state index in [1.54, 1.807) is 0 Å². The molecule has 0 aromatic heterocycles. The maximum Gasteiger partial charge on any atom is 0.153 e. The topological polar surface area (TPSA) is 49.4 Å². The molecule has 0 saturated carbocycles. The highest BCUT2D eigenvalue weighted by molar-refractivity contribution is 7.92. The van der Waals surface area contributed by atoms with E-state index in [-0.39, 0.29) is 6.04 Å². The van der Waals surface area contributed by atoms with Gasteiger partial charge in [0.1, 0.15) is 0 Å². The molecular weight excluding hydrogens is 212 g/mol. The van der Waals surface area contributed by atoms with Crippen molar-refractivity contribution in [2.45, 2.75) is 31.3 Å². The smallest absolute Gasteiger partial charge is 0.153 e. The second-order valence-electron chi connectivity index (χ2n) is 4.87. The first-order valence-corrected chi connectivity index (χ1v) is 7.52. The van der Waals surface area contributed by atoms with E-state index in [1.807, 2.05) is 0 Å². The molecule has 5 heteroatoms. The summed E-state index contributed by atoms with van der Waals surface area (Å²) in [7, 11) is -0.525. The lowest BCUT2D eigenvalue weighted by Gasteiger charge is -2.31. The summed E-state index contributed by atoms with van der Waals surface area (Å²) in [6.07, 6.45) is 3.54. The van der Waals surface area contributed by atoms with Crippen LogP contribution in [0.15, 0.2) is 0 Å². The lowest BCUT2D eigenvalue weighted by molar-refractivity contribution is 0.340. The van der Waals surface area contributed by atoms with Crippen molar-refractivity contribution in [3.63, 3.8) is 0 Å². The van der Waals surface area contributed by atoms with Crippen LogP contribution in [0.2, 0.25) is 0 Å². The van der Waals surface area contributed by atoms with Gasteiger partial charge in [0.25, 0.3) is 0 Å². The van der Waals surface area contributed by atoms with E-state index in [4.69, 9.17) is 0 Å². The first kappa shape index (κ1) is 11.4. The number of likely N-dealkylation sites (tertiary alicyclic amines) is 1. The van der Waals surface area contributed by atoms with Crippen molar-refractivity contribution in [3.8, 4) is 0 Å². The zero-order valence-electron chi connectivity index (χ0n) is 9.28. The summed E-state index contributed by atoms with van der Waals surface area (Å²) in [5.74, 6) is 0.693. The number of sulfone groups is 1. The van der Waals surface area contributed by atoms with E-state index in [0.717, 1.165) is 13.0 Å². The Morgan fingerprint density at radius 2 is 1.87 bits per heavy atom. The first-order chi connectivity index (χ1) is 7.05. The Hall–Kier alpha value is -0.130. The Balaban J connectivity index is 1.75. The second kappa shape index (κ2) is 4.39. The highest BCUT2D eigenvalue weighted by Gasteiger charge is 2.34. The Morgan fingerprint density at radius 1 is 1.13 bits per heavy atom. The number of hydrogen-bond acceptors (Lipinski definition) is 4. The molecule has 1 unspecified atom stereocenters. The average Bonchev–Trinajstić information content (AvgIpc) is 2.28. The Bertz CT molecular complexity index is 303. The van der Waals surface area contributed by atoms with Crippen LogP contribution in [0.5, 0.6) is 0 Å². The van der Waals surface area contributed by atoms with Gasteiger partial charge in [0.15, 0.2) is 9.84 Å². The van der Waals surface area contributed by atoms with Gasteiger partial charge in [-0.3, -0.25) is 0 Å². The van der Waals surface area contributed by atoms with Gasteiger partial charge in [-0.1, -0.05) is 0 Å². The molecule has 1 atom stereocenters. The number of rotatable bonds is 2. The van der Waals surface area contributed by atoms with E-state index in [9.17, 15) is 8.42 Å². The van der Waals surface area contributed by atoms with Crippen LogP contribution >= 0.6 is 0 Å². The van der Waals surface area contributed by atoms with Gasteiger partial charge in [-0.05, 0) is 39.4 Å². The molecule has 88 valence electrons. The maximum atomic E-state index is 11.0. The molecule has 0 aromatic rings. The normalized spacial score (nSPS) is 33.3. The summed E-state index contributed by atoms with van der Waals surface area (Å²) < 4.78 is 22.0. The standard InChI is InChI=1S/C10H20N2O2S/c1-12-5-2-3-9(4-6-12)11-10-7-15(13,14)8-10/h9-11H,2-8H2,1H3. The van der Waals surface area contributed by atoms with Crippen LogP contribution in [0.1, 0.15) is 19.3 Å². The van der Waals surface area contributed by atoms with Crippen molar-refractivity contribution in [2.24, 2.45) is 0 Å². The number of nitrogens with zero attached hydrogens (tertiary/aromatic N) is 1. The van der Waals surface area contributed by atoms with Crippen LogP contribution in [0, 0.1) is 0 Å². The molecule has 0 aliphatic carbocycles. The molecule has 4 nitrogen and oxygen atoms in total. The fraction of sp³-hybridized carbons (Fsp3) is 1.00. The van der Waals surface area contributed by atoms with E-state index in [1.165, 1.54) is 19.4 Å². The fourth-order valence-electron chi connectivity index (χ4n) is 2.40. The highest BCUT2D eigenvalue weighted by atomic mass is 32.2. The molecule has 2 saturated heterocycles. The largest absolute Gasteiger partial charge is 0.309 e. The summed E-state index contributed by atoms with van der Waals surface area (Å²) in [4.78, 5) is 2.35. The van der Waals surface area contributed by atoms with Gasteiger partial charge < -0.3 is 10.2 Å². The monoisotopic (exact) mass is 232 g/mol. The molecule has 0 radical (unpaired) electrons. The average molecular weight is 232 g/mol. The zero-order chi connectivity index (χ0) is 10.9. The molecule has 0 aromatic carbocycles. The predicted octanol–water partition coefficient (Wildman–Crippen LogP) is -0.143. The molecule has 0 spiro atoms. The minimum absolute atomic E-state index is 0.225. The van der Waals surface area contributed by atoms with E-state index >= 15 is 0 Å². The molecular formula is C10H20N2O2S. The molecule has 2 heterocycles. The second-order valence-corrected chi connectivity index (χ2v) is 7.03. The molecule has 2 fully saturated rings. The van der Waals surface area contributed by atoms with E-state index < -0.39 is 9.84 Å². The van der Waals surface area contributed by atoms with E-state index in [2.05, 4.69) is 17.3 Å². The molecule has 0 amide bonds. The Labute approximate surface area is 91.9 Å². The van der Waals surface area contributed by atoms with Gasteiger partial charge in [-0.15, -0.1) is 0 Å². The SMILES string of the molecule is CN1CCCC(NC2CS(=O)(=O)C2)CC1. The Kier molecular flexibility index (Phi) is 3.33. The molecule has 15 heavy (non-hydrogen) atoms. The summed E-state index contributed by atoms with van der Waals surface area (Å²) in [6.45, 7) is 2.29. The first-order valence-electron chi connectivity index (χ1n) is 5.70. The van der Waals surface area contributed by atoms with Crippen molar-refractivity contribution < 1.29 is 8.42 Å². The van der Waals surface area contributed by atoms with Crippen LogP contribution in [-0.4, -0.2) is 57.0 Å². The van der Waals surface area contributed by atoms with Crippen LogP contribution < -0.4 is 5.32 Å².